The van der Waals surface area contributed by atoms with Crippen LogP contribution in [0.3, 0.4) is 0 Å². The van der Waals surface area contributed by atoms with Crippen molar-refractivity contribution in [2.75, 3.05) is 13.2 Å². The molecule has 0 amide bonds. The van der Waals surface area contributed by atoms with Crippen molar-refractivity contribution >= 4 is 0 Å². The van der Waals surface area contributed by atoms with Gasteiger partial charge in [-0.15, -0.1) is 0 Å². The quantitative estimate of drug-likeness (QED) is 0.710. The van der Waals surface area contributed by atoms with Gasteiger partial charge in [0.15, 0.2) is 0 Å². The molecule has 0 aromatic heterocycles. The normalized spacial score (nSPS) is 10.9. The van der Waals surface area contributed by atoms with Gasteiger partial charge in [0.1, 0.15) is 12.4 Å². The second-order valence-corrected chi connectivity index (χ2v) is 5.98. The molecule has 20 heavy (non-hydrogen) atoms. The number of nitrogens with one attached hydrogen (secondary N) is 1. The van der Waals surface area contributed by atoms with Crippen molar-refractivity contribution in [2.24, 2.45) is 5.92 Å². The Morgan fingerprint density at radius 3 is 2.35 bits per heavy atom. The van der Waals surface area contributed by atoms with Crippen molar-refractivity contribution in [2.45, 2.75) is 47.6 Å². The second-order valence-electron chi connectivity index (χ2n) is 5.98. The zero-order valence-electron chi connectivity index (χ0n) is 13.7. The summed E-state index contributed by atoms with van der Waals surface area (Å²) in [5.74, 6) is 1.69. The number of ether oxygens (including phenoxy) is 1. The van der Waals surface area contributed by atoms with Crippen LogP contribution >= 0.6 is 0 Å². The van der Waals surface area contributed by atoms with Crippen LogP contribution in [0.4, 0.5) is 0 Å². The summed E-state index contributed by atoms with van der Waals surface area (Å²) in [4.78, 5) is 0. The zero-order valence-corrected chi connectivity index (χ0v) is 13.7. The Bertz CT molecular complexity index is 426. The van der Waals surface area contributed by atoms with Crippen LogP contribution in [0.15, 0.2) is 24.3 Å². The van der Waals surface area contributed by atoms with Crippen molar-refractivity contribution in [3.8, 4) is 5.75 Å². The molecule has 0 fully saturated rings. The smallest absolute Gasteiger partial charge is 0.125 e. The van der Waals surface area contributed by atoms with Gasteiger partial charge in [0.25, 0.3) is 0 Å². The highest BCUT2D eigenvalue weighted by Crippen LogP contribution is 2.25. The first-order valence-electron chi connectivity index (χ1n) is 7.54. The fraction of sp³-hybridized carbons (Fsp3) is 0.556. The van der Waals surface area contributed by atoms with Gasteiger partial charge in [-0.05, 0) is 55.0 Å². The molecule has 0 heterocycles. The summed E-state index contributed by atoms with van der Waals surface area (Å²) in [6.45, 7) is 17.3. The summed E-state index contributed by atoms with van der Waals surface area (Å²) in [5, 5.41) is 3.48. The van der Waals surface area contributed by atoms with E-state index in [-0.39, 0.29) is 0 Å². The van der Waals surface area contributed by atoms with E-state index in [1.165, 1.54) is 16.7 Å². The predicted molar refractivity (Wildman–Crippen MR) is 87.4 cm³/mol. The molecule has 0 aliphatic heterocycles. The van der Waals surface area contributed by atoms with Crippen molar-refractivity contribution < 1.29 is 4.74 Å². The number of rotatable bonds is 8. The molecule has 0 spiro atoms. The molecular formula is C18H29NO. The molecule has 1 N–H and O–H groups in total. The lowest BCUT2D eigenvalue weighted by Gasteiger charge is -2.15. The number of benzene rings is 1. The molecule has 1 rings (SSSR count). The van der Waals surface area contributed by atoms with E-state index >= 15 is 0 Å². The van der Waals surface area contributed by atoms with Gasteiger partial charge < -0.3 is 10.1 Å². The lowest BCUT2D eigenvalue weighted by molar-refractivity contribution is 0.344. The van der Waals surface area contributed by atoms with Gasteiger partial charge in [0, 0.05) is 6.54 Å². The molecule has 0 radical (unpaired) electrons. The van der Waals surface area contributed by atoms with Crippen LogP contribution in [0.5, 0.6) is 5.75 Å². The highest BCUT2D eigenvalue weighted by molar-refractivity contribution is 5.43. The third-order valence-corrected chi connectivity index (χ3v) is 3.32. The Labute approximate surface area is 124 Å². The average molecular weight is 275 g/mol. The maximum absolute atomic E-state index is 5.90. The summed E-state index contributed by atoms with van der Waals surface area (Å²) in [6.07, 6.45) is 0.968. The molecule has 0 aliphatic rings. The largest absolute Gasteiger partial charge is 0.489 e. The van der Waals surface area contributed by atoms with Crippen LogP contribution in [0.2, 0.25) is 0 Å². The van der Waals surface area contributed by atoms with Gasteiger partial charge >= 0.3 is 0 Å². The highest BCUT2D eigenvalue weighted by atomic mass is 16.5. The van der Waals surface area contributed by atoms with E-state index in [0.717, 1.165) is 30.8 Å². The molecule has 0 aliphatic carbocycles. The van der Waals surface area contributed by atoms with Gasteiger partial charge in [-0.3, -0.25) is 0 Å². The lowest BCUT2D eigenvalue weighted by atomic mass is 10.1. The molecular weight excluding hydrogens is 246 g/mol. The van der Waals surface area contributed by atoms with E-state index in [1.807, 2.05) is 0 Å². The number of hydrogen-bond acceptors (Lipinski definition) is 2. The molecule has 112 valence electrons. The summed E-state index contributed by atoms with van der Waals surface area (Å²) in [5.41, 5.74) is 4.86. The maximum atomic E-state index is 5.90. The van der Waals surface area contributed by atoms with Crippen molar-refractivity contribution in [3.63, 3.8) is 0 Å². The van der Waals surface area contributed by atoms with Gasteiger partial charge in [0.05, 0.1) is 0 Å². The van der Waals surface area contributed by atoms with Crippen LogP contribution < -0.4 is 10.1 Å². The molecule has 1 aromatic carbocycles. The van der Waals surface area contributed by atoms with Gasteiger partial charge in [0.2, 0.25) is 0 Å². The van der Waals surface area contributed by atoms with Crippen molar-refractivity contribution in [1.29, 1.82) is 0 Å². The first kappa shape index (κ1) is 16.8. The molecule has 0 atom stereocenters. The molecule has 2 nitrogen and oxygen atoms in total. The summed E-state index contributed by atoms with van der Waals surface area (Å²) < 4.78 is 5.90. The van der Waals surface area contributed by atoms with Crippen LogP contribution in [-0.4, -0.2) is 13.2 Å². The summed E-state index contributed by atoms with van der Waals surface area (Å²) in [6, 6.07) is 4.43. The summed E-state index contributed by atoms with van der Waals surface area (Å²) in [7, 11) is 0. The minimum absolute atomic E-state index is 0.614. The molecule has 0 bridgehead atoms. The number of hydrogen-bond donors (Lipinski definition) is 1. The van der Waals surface area contributed by atoms with Crippen LogP contribution in [0, 0.1) is 19.8 Å². The average Bonchev–Trinajstić information content (AvgIpc) is 2.37. The standard InChI is InChI=1S/C18H29NO/c1-7-14(4)12-20-18-15(5)8-17(9-16(18)6)11-19-10-13(2)3/h8-9,13,19H,4,7,10-12H2,1-3,5-6H3. The minimum atomic E-state index is 0.614. The first-order valence-corrected chi connectivity index (χ1v) is 7.54. The molecule has 1 aromatic rings. The van der Waals surface area contributed by atoms with Crippen LogP contribution in [0.1, 0.15) is 43.9 Å². The number of aryl methyl sites for hydroxylation is 2. The third-order valence-electron chi connectivity index (χ3n) is 3.32. The van der Waals surface area contributed by atoms with Gasteiger partial charge in [-0.2, -0.15) is 0 Å². The highest BCUT2D eigenvalue weighted by Gasteiger charge is 2.07. The van der Waals surface area contributed by atoms with E-state index in [1.54, 1.807) is 0 Å². The van der Waals surface area contributed by atoms with Crippen LogP contribution in [0.25, 0.3) is 0 Å². The first-order chi connectivity index (χ1) is 9.43. The van der Waals surface area contributed by atoms with Gasteiger partial charge in [-0.25, -0.2) is 0 Å². The Balaban J connectivity index is 2.68. The molecule has 0 saturated carbocycles. The molecule has 0 saturated heterocycles. The van der Waals surface area contributed by atoms with Crippen LogP contribution in [-0.2, 0) is 6.54 Å². The van der Waals surface area contributed by atoms with Crippen molar-refractivity contribution in [1.82, 2.24) is 5.32 Å². The van der Waals surface area contributed by atoms with E-state index in [0.29, 0.717) is 12.5 Å². The molecule has 0 unspecified atom stereocenters. The fourth-order valence-corrected chi connectivity index (χ4v) is 2.15. The van der Waals surface area contributed by atoms with Crippen molar-refractivity contribution in [3.05, 3.63) is 41.0 Å². The Morgan fingerprint density at radius 1 is 1.25 bits per heavy atom. The Kier molecular flexibility index (Phi) is 6.80. The van der Waals surface area contributed by atoms with E-state index in [9.17, 15) is 0 Å². The Morgan fingerprint density at radius 2 is 1.85 bits per heavy atom. The van der Waals surface area contributed by atoms with Gasteiger partial charge in [-0.1, -0.05) is 39.5 Å². The third kappa shape index (κ3) is 5.38. The fourth-order valence-electron chi connectivity index (χ4n) is 2.15. The monoisotopic (exact) mass is 275 g/mol. The summed E-state index contributed by atoms with van der Waals surface area (Å²) >= 11 is 0. The lowest BCUT2D eigenvalue weighted by Crippen LogP contribution is -2.19. The predicted octanol–water partition coefficient (Wildman–Crippen LogP) is 4.39. The minimum Gasteiger partial charge on any atom is -0.489 e. The maximum Gasteiger partial charge on any atom is 0.125 e. The Hall–Kier alpha value is -1.28. The second kappa shape index (κ2) is 8.11. The zero-order chi connectivity index (χ0) is 15.1. The van der Waals surface area contributed by atoms with E-state index in [2.05, 4.69) is 58.6 Å². The SMILES string of the molecule is C=C(CC)COc1c(C)cc(CNCC(C)C)cc1C. The molecule has 2 heteroatoms. The van der Waals surface area contributed by atoms with E-state index in [4.69, 9.17) is 4.74 Å². The topological polar surface area (TPSA) is 21.3 Å². The van der Waals surface area contributed by atoms with E-state index < -0.39 is 0 Å².